The second-order valence-corrected chi connectivity index (χ2v) is 12.4. The molecule has 1 aliphatic heterocycles. The first-order valence-electron chi connectivity index (χ1n) is 13.5. The van der Waals surface area contributed by atoms with Gasteiger partial charge in [0, 0.05) is 36.3 Å². The lowest BCUT2D eigenvalue weighted by Crippen LogP contribution is -2.46. The molecule has 0 aliphatic carbocycles. The number of H-pyrrole nitrogens is 1. The number of nitrogens with one attached hydrogen (secondary N) is 2. The minimum Gasteiger partial charge on any atom is -0.361 e. The van der Waals surface area contributed by atoms with Crippen LogP contribution in [0.3, 0.4) is 0 Å². The maximum absolute atomic E-state index is 14.0. The Morgan fingerprint density at radius 3 is 2.37 bits per heavy atom. The van der Waals surface area contributed by atoms with Crippen molar-refractivity contribution in [1.29, 1.82) is 0 Å². The van der Waals surface area contributed by atoms with Crippen LogP contribution in [0.5, 0.6) is 0 Å². The van der Waals surface area contributed by atoms with E-state index in [9.17, 15) is 22.8 Å². The lowest BCUT2D eigenvalue weighted by molar-refractivity contribution is -0.122. The van der Waals surface area contributed by atoms with Gasteiger partial charge in [-0.2, -0.15) is 4.31 Å². The number of sulfonamides is 1. The molecule has 5 rings (SSSR count). The summed E-state index contributed by atoms with van der Waals surface area (Å²) < 4.78 is 29.2. The first kappa shape index (κ1) is 28.3. The fourth-order valence-electron chi connectivity index (χ4n) is 5.18. The number of carbonyl (C=O) groups is 3. The maximum Gasteiger partial charge on any atom is 0.252 e. The molecule has 3 aromatic carbocycles. The third-order valence-electron chi connectivity index (χ3n) is 7.35. The fraction of sp³-hybridized carbons (Fsp3) is 0.258. The van der Waals surface area contributed by atoms with Crippen molar-refractivity contribution >= 4 is 50.0 Å². The Hall–Kier alpha value is -4.28. The van der Waals surface area contributed by atoms with Crippen LogP contribution in [0.2, 0.25) is 0 Å². The summed E-state index contributed by atoms with van der Waals surface area (Å²) in [6.07, 6.45) is 1.90. The zero-order valence-corrected chi connectivity index (χ0v) is 23.9. The summed E-state index contributed by atoms with van der Waals surface area (Å²) in [6.45, 7) is 5.45. The Labute approximate surface area is 239 Å². The van der Waals surface area contributed by atoms with Crippen molar-refractivity contribution in [2.24, 2.45) is 0 Å². The van der Waals surface area contributed by atoms with Crippen LogP contribution in [0.1, 0.15) is 44.2 Å². The summed E-state index contributed by atoms with van der Waals surface area (Å²) in [5, 5.41) is 3.58. The number of carbonyl (C=O) groups excluding carboxylic acids is 3. The van der Waals surface area contributed by atoms with Crippen LogP contribution >= 0.6 is 0 Å². The maximum atomic E-state index is 14.0. The number of fused-ring (bicyclic) bond motifs is 1. The third kappa shape index (κ3) is 5.66. The average molecular weight is 573 g/mol. The molecule has 1 unspecified atom stereocenters. The molecular formula is C31H32N4O5S. The highest BCUT2D eigenvalue weighted by molar-refractivity contribution is 7.89. The molecular weight excluding hydrogens is 540 g/mol. The number of anilines is 2. The van der Waals surface area contributed by atoms with Crippen molar-refractivity contribution < 1.29 is 22.8 Å². The highest BCUT2D eigenvalue weighted by Gasteiger charge is 2.46. The topological polar surface area (TPSA) is 120 Å². The van der Waals surface area contributed by atoms with Crippen molar-refractivity contribution in [2.75, 3.05) is 16.8 Å². The van der Waals surface area contributed by atoms with Crippen LogP contribution < -0.4 is 10.2 Å². The number of hydrogen-bond donors (Lipinski definition) is 2. The Bertz CT molecular complexity index is 1710. The van der Waals surface area contributed by atoms with Crippen LogP contribution in [0.15, 0.2) is 83.9 Å². The second-order valence-electron chi connectivity index (χ2n) is 10.5. The van der Waals surface area contributed by atoms with Gasteiger partial charge in [-0.1, -0.05) is 44.2 Å². The quantitative estimate of drug-likeness (QED) is 0.279. The number of rotatable bonds is 9. The highest BCUT2D eigenvalue weighted by atomic mass is 32.2. The fourth-order valence-corrected chi connectivity index (χ4v) is 6.76. The number of amides is 3. The van der Waals surface area contributed by atoms with Crippen LogP contribution in [0.25, 0.3) is 10.9 Å². The molecule has 0 bridgehead atoms. The number of nitrogens with zero attached hydrogens (tertiary/aromatic N) is 2. The molecule has 0 spiro atoms. The number of aromatic amines is 1. The zero-order valence-electron chi connectivity index (χ0n) is 23.1. The van der Waals surface area contributed by atoms with Gasteiger partial charge in [0.1, 0.15) is 6.04 Å². The minimum atomic E-state index is -4.21. The summed E-state index contributed by atoms with van der Waals surface area (Å²) in [6, 6.07) is 19.5. The molecule has 212 valence electrons. The molecule has 4 aromatic rings. The molecule has 9 nitrogen and oxygen atoms in total. The monoisotopic (exact) mass is 572 g/mol. The number of aromatic nitrogens is 1. The summed E-state index contributed by atoms with van der Waals surface area (Å²) in [4.78, 5) is 42.6. The van der Waals surface area contributed by atoms with Crippen molar-refractivity contribution in [2.45, 2.75) is 50.5 Å². The van der Waals surface area contributed by atoms with Crippen LogP contribution in [-0.4, -0.2) is 48.0 Å². The van der Waals surface area contributed by atoms with Crippen LogP contribution in [-0.2, 0) is 30.8 Å². The van der Waals surface area contributed by atoms with E-state index in [0.29, 0.717) is 17.8 Å². The molecule has 1 aliphatic rings. The summed E-state index contributed by atoms with van der Waals surface area (Å²) in [7, 11) is -4.21. The molecule has 10 heteroatoms. The van der Waals surface area contributed by atoms with Gasteiger partial charge in [0.05, 0.1) is 17.0 Å². The average Bonchev–Trinajstić information content (AvgIpc) is 3.48. The first-order valence-corrected chi connectivity index (χ1v) is 14.9. The second kappa shape index (κ2) is 11.3. The standard InChI is InChI=1S/C31H32N4O5S/c1-20(2)22-8-12-25(13-9-22)35-30(37)18-29(31(35)38)34(17-16-23-19-32-28-7-5-4-6-27(23)28)41(39,40)26-14-10-24(11-15-26)33-21(3)36/h4-15,19-20,29,32H,16-18H2,1-3H3,(H,33,36). The lowest BCUT2D eigenvalue weighted by atomic mass is 10.0. The Morgan fingerprint density at radius 1 is 1.02 bits per heavy atom. The van der Waals surface area contributed by atoms with Gasteiger partial charge in [-0.25, -0.2) is 13.3 Å². The third-order valence-corrected chi connectivity index (χ3v) is 9.27. The molecule has 0 saturated carbocycles. The number of benzene rings is 3. The number of hydrogen-bond acceptors (Lipinski definition) is 5. The SMILES string of the molecule is CC(=O)Nc1ccc(S(=O)(=O)N(CCc2c[nH]c3ccccc23)C2CC(=O)N(c3ccc(C(C)C)cc3)C2=O)cc1. The number of para-hydroxylation sites is 1. The van der Waals surface area contributed by atoms with E-state index in [4.69, 9.17) is 0 Å². The molecule has 1 saturated heterocycles. The highest BCUT2D eigenvalue weighted by Crippen LogP contribution is 2.31. The van der Waals surface area contributed by atoms with E-state index in [2.05, 4.69) is 24.1 Å². The van der Waals surface area contributed by atoms with Gasteiger partial charge in [0.2, 0.25) is 21.8 Å². The Kier molecular flexibility index (Phi) is 7.79. The van der Waals surface area contributed by atoms with Crippen molar-refractivity contribution in [1.82, 2.24) is 9.29 Å². The van der Waals surface area contributed by atoms with Gasteiger partial charge in [0.25, 0.3) is 5.91 Å². The van der Waals surface area contributed by atoms with E-state index in [0.717, 1.165) is 31.2 Å². The van der Waals surface area contributed by atoms with E-state index in [-0.39, 0.29) is 29.7 Å². The number of imide groups is 1. The predicted molar refractivity (Wildman–Crippen MR) is 158 cm³/mol. The molecule has 3 amide bonds. The van der Waals surface area contributed by atoms with E-state index >= 15 is 0 Å². The van der Waals surface area contributed by atoms with E-state index in [1.807, 2.05) is 42.6 Å². The van der Waals surface area contributed by atoms with E-state index < -0.39 is 27.9 Å². The zero-order chi connectivity index (χ0) is 29.3. The van der Waals surface area contributed by atoms with Gasteiger partial charge in [0.15, 0.2) is 0 Å². The Balaban J connectivity index is 1.48. The largest absolute Gasteiger partial charge is 0.361 e. The summed E-state index contributed by atoms with van der Waals surface area (Å²) in [5.41, 5.74) is 3.76. The lowest BCUT2D eigenvalue weighted by Gasteiger charge is -2.27. The van der Waals surface area contributed by atoms with Gasteiger partial charge < -0.3 is 10.3 Å². The summed E-state index contributed by atoms with van der Waals surface area (Å²) >= 11 is 0. The van der Waals surface area contributed by atoms with Crippen molar-refractivity contribution in [3.8, 4) is 0 Å². The Morgan fingerprint density at radius 2 is 1.71 bits per heavy atom. The van der Waals surface area contributed by atoms with Gasteiger partial charge in [-0.05, 0) is 65.9 Å². The smallest absolute Gasteiger partial charge is 0.252 e. The van der Waals surface area contributed by atoms with Gasteiger partial charge in [-0.3, -0.25) is 14.4 Å². The molecule has 2 heterocycles. The van der Waals surface area contributed by atoms with Gasteiger partial charge >= 0.3 is 0 Å². The predicted octanol–water partition coefficient (Wildman–Crippen LogP) is 4.82. The summed E-state index contributed by atoms with van der Waals surface area (Å²) in [5.74, 6) is -1.03. The van der Waals surface area contributed by atoms with E-state index in [1.54, 1.807) is 12.1 Å². The van der Waals surface area contributed by atoms with Crippen molar-refractivity contribution in [3.05, 3.63) is 90.1 Å². The molecule has 1 fully saturated rings. The van der Waals surface area contributed by atoms with Crippen molar-refractivity contribution in [3.63, 3.8) is 0 Å². The first-order chi connectivity index (χ1) is 19.6. The van der Waals surface area contributed by atoms with Gasteiger partial charge in [-0.15, -0.1) is 0 Å². The minimum absolute atomic E-state index is 0.0125. The van der Waals surface area contributed by atoms with E-state index in [1.165, 1.54) is 31.2 Å². The molecule has 2 N–H and O–H groups in total. The van der Waals surface area contributed by atoms with Crippen LogP contribution in [0, 0.1) is 0 Å². The van der Waals surface area contributed by atoms with Crippen LogP contribution in [0.4, 0.5) is 11.4 Å². The molecule has 0 radical (unpaired) electrons. The molecule has 1 atom stereocenters. The molecule has 41 heavy (non-hydrogen) atoms. The normalized spacial score (nSPS) is 15.8. The molecule has 1 aromatic heterocycles.